The second kappa shape index (κ2) is 6.28. The Kier molecular flexibility index (Phi) is 4.95. The van der Waals surface area contributed by atoms with Crippen LogP contribution in [0.2, 0.25) is 0 Å². The molecular weight excluding hydrogens is 343 g/mol. The number of carboxylic acids is 1. The van der Waals surface area contributed by atoms with Crippen molar-refractivity contribution in [2.24, 2.45) is 0 Å². The van der Waals surface area contributed by atoms with Crippen molar-refractivity contribution in [3.05, 3.63) is 35.1 Å². The Morgan fingerprint density at radius 3 is 2.16 bits per heavy atom. The summed E-state index contributed by atoms with van der Waals surface area (Å²) in [6.45, 7) is 6.78. The van der Waals surface area contributed by atoms with Crippen LogP contribution in [0.5, 0.6) is 0 Å². The number of hydrogen-bond acceptors (Lipinski definition) is 3. The number of hydrogen-bond donors (Lipinski definition) is 1. The molecule has 1 heterocycles. The molecule has 0 aliphatic carbocycles. The number of rotatable bonds is 4. The van der Waals surface area contributed by atoms with E-state index in [9.17, 15) is 22.4 Å². The molecule has 1 fully saturated rings. The summed E-state index contributed by atoms with van der Waals surface area (Å²) in [6, 6.07) is 2.86. The van der Waals surface area contributed by atoms with Crippen molar-refractivity contribution >= 4 is 13.1 Å². The van der Waals surface area contributed by atoms with Gasteiger partial charge in [0.05, 0.1) is 23.2 Å². The van der Waals surface area contributed by atoms with Gasteiger partial charge in [0.15, 0.2) is 0 Å². The van der Waals surface area contributed by atoms with Gasteiger partial charge in [-0.05, 0) is 39.3 Å². The lowest BCUT2D eigenvalue weighted by Crippen LogP contribution is -2.41. The van der Waals surface area contributed by atoms with E-state index in [0.29, 0.717) is 6.07 Å². The molecular formula is C16H19BF4O4. The fourth-order valence-corrected chi connectivity index (χ4v) is 2.74. The van der Waals surface area contributed by atoms with E-state index < -0.39 is 59.6 Å². The molecule has 1 atom stereocenters. The molecule has 9 heteroatoms. The summed E-state index contributed by atoms with van der Waals surface area (Å²) in [5.41, 5.74) is -3.70. The van der Waals surface area contributed by atoms with Crippen molar-refractivity contribution < 1.29 is 36.8 Å². The Balaban J connectivity index is 2.55. The summed E-state index contributed by atoms with van der Waals surface area (Å²) in [6.07, 6.45) is -5.66. The molecule has 25 heavy (non-hydrogen) atoms. The second-order valence-corrected chi connectivity index (χ2v) is 7.03. The van der Waals surface area contributed by atoms with Crippen LogP contribution in [0.1, 0.15) is 51.1 Å². The third-order valence-corrected chi connectivity index (χ3v) is 4.72. The highest BCUT2D eigenvalue weighted by atomic mass is 19.4. The zero-order valence-electron chi connectivity index (χ0n) is 14.3. The Labute approximate surface area is 143 Å². The van der Waals surface area contributed by atoms with Crippen LogP contribution in [0, 0.1) is 5.82 Å². The molecule has 138 valence electrons. The Morgan fingerprint density at radius 1 is 1.20 bits per heavy atom. The highest BCUT2D eigenvalue weighted by Crippen LogP contribution is 2.44. The molecule has 0 saturated carbocycles. The van der Waals surface area contributed by atoms with Gasteiger partial charge < -0.3 is 14.4 Å². The predicted molar refractivity (Wildman–Crippen MR) is 82.5 cm³/mol. The summed E-state index contributed by atoms with van der Waals surface area (Å²) in [5, 5.41) is 9.14. The molecule has 0 aromatic heterocycles. The molecule has 1 unspecified atom stereocenters. The van der Waals surface area contributed by atoms with Gasteiger partial charge in [0.1, 0.15) is 5.82 Å². The maximum atomic E-state index is 13.9. The Morgan fingerprint density at radius 2 is 1.72 bits per heavy atom. The summed E-state index contributed by atoms with van der Waals surface area (Å²) in [4.78, 5) is 11.2. The van der Waals surface area contributed by atoms with Crippen molar-refractivity contribution in [2.75, 3.05) is 0 Å². The maximum Gasteiger partial charge on any atom is 0.466 e. The average Bonchev–Trinajstić information content (AvgIpc) is 2.62. The lowest BCUT2D eigenvalue weighted by molar-refractivity contribution is -0.142. The van der Waals surface area contributed by atoms with Crippen LogP contribution in [-0.4, -0.2) is 29.4 Å². The van der Waals surface area contributed by atoms with Gasteiger partial charge in [-0.15, -0.1) is 0 Å². The first-order valence-electron chi connectivity index (χ1n) is 7.69. The summed E-state index contributed by atoms with van der Waals surface area (Å²) in [5.74, 6) is -4.11. The monoisotopic (exact) mass is 362 g/mol. The Hall–Kier alpha value is -1.61. The number of carbonyl (C=O) groups is 1. The van der Waals surface area contributed by atoms with E-state index in [1.54, 1.807) is 27.7 Å². The molecule has 0 spiro atoms. The lowest BCUT2D eigenvalue weighted by atomic mass is 9.65. The summed E-state index contributed by atoms with van der Waals surface area (Å²) in [7, 11) is -1.25. The van der Waals surface area contributed by atoms with Gasteiger partial charge in [0.25, 0.3) is 0 Å². The highest BCUT2D eigenvalue weighted by molar-refractivity contribution is 6.48. The average molecular weight is 362 g/mol. The predicted octanol–water partition coefficient (Wildman–Crippen LogP) is 4.03. The van der Waals surface area contributed by atoms with Crippen LogP contribution in [0.15, 0.2) is 18.2 Å². The van der Waals surface area contributed by atoms with E-state index in [4.69, 9.17) is 14.4 Å². The van der Waals surface area contributed by atoms with Gasteiger partial charge in [-0.1, -0.05) is 12.1 Å². The second-order valence-electron chi connectivity index (χ2n) is 7.03. The molecule has 1 aliphatic rings. The largest absolute Gasteiger partial charge is 0.481 e. The van der Waals surface area contributed by atoms with Crippen LogP contribution in [-0.2, 0) is 20.3 Å². The molecule has 0 amide bonds. The number of carboxylic acid groups (broad SMARTS) is 1. The molecule has 1 aromatic rings. The van der Waals surface area contributed by atoms with Crippen LogP contribution in [0.4, 0.5) is 17.6 Å². The molecule has 1 N–H and O–H groups in total. The van der Waals surface area contributed by atoms with Crippen molar-refractivity contribution in [3.8, 4) is 0 Å². The van der Waals surface area contributed by atoms with Gasteiger partial charge in [0, 0.05) is 5.82 Å². The van der Waals surface area contributed by atoms with Crippen LogP contribution in [0.3, 0.4) is 0 Å². The van der Waals surface area contributed by atoms with Crippen molar-refractivity contribution in [3.63, 3.8) is 0 Å². The first kappa shape index (κ1) is 19.7. The van der Waals surface area contributed by atoms with Gasteiger partial charge in [0.2, 0.25) is 0 Å². The zero-order chi connectivity index (χ0) is 19.2. The van der Waals surface area contributed by atoms with E-state index in [-0.39, 0.29) is 0 Å². The topological polar surface area (TPSA) is 55.8 Å². The van der Waals surface area contributed by atoms with E-state index in [1.807, 2.05) is 0 Å². The van der Waals surface area contributed by atoms with E-state index >= 15 is 0 Å². The van der Waals surface area contributed by atoms with E-state index in [0.717, 1.165) is 12.1 Å². The molecule has 1 saturated heterocycles. The van der Waals surface area contributed by atoms with Gasteiger partial charge in [-0.2, -0.15) is 13.2 Å². The first-order chi connectivity index (χ1) is 11.3. The standard InChI is InChI=1S/C16H19BF4O4/c1-14(2)15(3,4)25-17(24-14)10(8-12(22)23)9-6-5-7-11(18)13(9)16(19,20)21/h5-7,10H,8H2,1-4H3,(H,22,23). The normalized spacial score (nSPS) is 20.6. The zero-order valence-corrected chi connectivity index (χ0v) is 14.3. The summed E-state index contributed by atoms with van der Waals surface area (Å²) >= 11 is 0. The number of halogens is 4. The molecule has 1 aromatic carbocycles. The summed E-state index contributed by atoms with van der Waals surface area (Å²) < 4.78 is 65.3. The minimum atomic E-state index is -4.97. The molecule has 2 rings (SSSR count). The third kappa shape index (κ3) is 3.82. The number of benzene rings is 1. The van der Waals surface area contributed by atoms with Crippen molar-refractivity contribution in [1.29, 1.82) is 0 Å². The van der Waals surface area contributed by atoms with Gasteiger partial charge in [-0.25, -0.2) is 4.39 Å². The maximum absolute atomic E-state index is 13.9. The molecule has 1 aliphatic heterocycles. The number of alkyl halides is 3. The minimum Gasteiger partial charge on any atom is -0.481 e. The molecule has 0 radical (unpaired) electrons. The lowest BCUT2D eigenvalue weighted by Gasteiger charge is -2.32. The van der Waals surface area contributed by atoms with E-state index in [1.165, 1.54) is 0 Å². The third-order valence-electron chi connectivity index (χ3n) is 4.72. The fraction of sp³-hybridized carbons (Fsp3) is 0.562. The number of aliphatic carboxylic acids is 1. The smallest absolute Gasteiger partial charge is 0.466 e. The van der Waals surface area contributed by atoms with Crippen LogP contribution >= 0.6 is 0 Å². The van der Waals surface area contributed by atoms with Crippen LogP contribution < -0.4 is 0 Å². The quantitative estimate of drug-likeness (QED) is 0.649. The van der Waals surface area contributed by atoms with Gasteiger partial charge >= 0.3 is 19.3 Å². The molecule has 4 nitrogen and oxygen atoms in total. The molecule has 0 bridgehead atoms. The van der Waals surface area contributed by atoms with Crippen molar-refractivity contribution in [1.82, 2.24) is 0 Å². The Bertz CT molecular complexity index is 657. The van der Waals surface area contributed by atoms with Crippen LogP contribution in [0.25, 0.3) is 0 Å². The fourth-order valence-electron chi connectivity index (χ4n) is 2.74. The minimum absolute atomic E-state index is 0.492. The van der Waals surface area contributed by atoms with Gasteiger partial charge in [-0.3, -0.25) is 4.79 Å². The highest BCUT2D eigenvalue weighted by Gasteiger charge is 2.55. The SMILES string of the molecule is CC1(C)OB(C(CC(=O)O)c2cccc(F)c2C(F)(F)F)OC1(C)C. The first-order valence-corrected chi connectivity index (χ1v) is 7.69. The van der Waals surface area contributed by atoms with E-state index in [2.05, 4.69) is 0 Å². The van der Waals surface area contributed by atoms with Crippen molar-refractivity contribution in [2.45, 2.75) is 57.3 Å².